The van der Waals surface area contributed by atoms with Gasteiger partial charge in [-0.25, -0.2) is 0 Å². The number of likely N-dealkylation sites (tertiary alicyclic amines) is 1. The minimum absolute atomic E-state index is 0.0343. The quantitative estimate of drug-likeness (QED) is 0.852. The van der Waals surface area contributed by atoms with Crippen LogP contribution in [0.15, 0.2) is 47.1 Å². The second kappa shape index (κ2) is 7.96. The van der Waals surface area contributed by atoms with E-state index in [1.165, 1.54) is 12.8 Å². The number of nitrogens with one attached hydrogen (secondary N) is 1. The summed E-state index contributed by atoms with van der Waals surface area (Å²) >= 11 is 0. The molecule has 2 aromatic rings. The molecule has 2 fully saturated rings. The van der Waals surface area contributed by atoms with Crippen LogP contribution >= 0.6 is 0 Å². The summed E-state index contributed by atoms with van der Waals surface area (Å²) in [6.07, 6.45) is 5.40. The van der Waals surface area contributed by atoms with Crippen molar-refractivity contribution in [2.24, 2.45) is 0 Å². The van der Waals surface area contributed by atoms with Crippen LogP contribution in [-0.4, -0.2) is 42.9 Å². The van der Waals surface area contributed by atoms with E-state index < -0.39 is 0 Å². The van der Waals surface area contributed by atoms with Gasteiger partial charge in [-0.1, -0.05) is 12.1 Å². The molecule has 2 aliphatic rings. The molecule has 0 spiro atoms. The topological polar surface area (TPSA) is 65.8 Å². The normalized spacial score (nSPS) is 18.8. The first-order valence-corrected chi connectivity index (χ1v) is 9.69. The maximum absolute atomic E-state index is 12.9. The highest BCUT2D eigenvalue weighted by molar-refractivity contribution is 6.05. The van der Waals surface area contributed by atoms with Crippen molar-refractivity contribution in [1.82, 2.24) is 10.2 Å². The molecule has 1 atom stereocenters. The molecule has 1 aromatic carbocycles. The summed E-state index contributed by atoms with van der Waals surface area (Å²) in [5, 5.41) is 3.06. The zero-order valence-corrected chi connectivity index (χ0v) is 15.4. The van der Waals surface area contributed by atoms with Crippen molar-refractivity contribution in [3.63, 3.8) is 0 Å². The van der Waals surface area contributed by atoms with E-state index in [2.05, 4.69) is 10.2 Å². The zero-order chi connectivity index (χ0) is 18.6. The van der Waals surface area contributed by atoms with Crippen molar-refractivity contribution < 1.29 is 14.0 Å². The maximum Gasteiger partial charge on any atom is 0.253 e. The van der Waals surface area contributed by atoms with Crippen LogP contribution in [0.4, 0.5) is 5.69 Å². The first kappa shape index (κ1) is 17.8. The van der Waals surface area contributed by atoms with Gasteiger partial charge < -0.3 is 14.6 Å². The van der Waals surface area contributed by atoms with Crippen molar-refractivity contribution in [1.29, 1.82) is 0 Å². The first-order valence-electron chi connectivity index (χ1n) is 9.69. The highest BCUT2D eigenvalue weighted by atomic mass is 16.3. The molecule has 0 bridgehead atoms. The average Bonchev–Trinajstić information content (AvgIpc) is 3.45. The molecule has 2 saturated heterocycles. The summed E-state index contributed by atoms with van der Waals surface area (Å²) in [4.78, 5) is 29.1. The minimum Gasteiger partial charge on any atom is -0.468 e. The Bertz CT molecular complexity index is 797. The summed E-state index contributed by atoms with van der Waals surface area (Å²) in [7, 11) is 0. The molecule has 142 valence electrons. The van der Waals surface area contributed by atoms with E-state index in [1.807, 2.05) is 30.3 Å². The Balaban J connectivity index is 1.49. The van der Waals surface area contributed by atoms with Gasteiger partial charge in [0.05, 0.1) is 23.6 Å². The van der Waals surface area contributed by atoms with Crippen molar-refractivity contribution in [2.45, 2.75) is 31.7 Å². The number of anilines is 1. The predicted molar refractivity (Wildman–Crippen MR) is 103 cm³/mol. The number of rotatable bonds is 6. The van der Waals surface area contributed by atoms with Crippen LogP contribution in [-0.2, 0) is 4.79 Å². The fourth-order valence-electron chi connectivity index (χ4n) is 4.03. The van der Waals surface area contributed by atoms with E-state index in [1.54, 1.807) is 17.2 Å². The molecule has 0 unspecified atom stereocenters. The van der Waals surface area contributed by atoms with Gasteiger partial charge in [0.25, 0.3) is 5.91 Å². The third-order valence-corrected chi connectivity index (χ3v) is 5.42. The number of carbonyl (C=O) groups excluding carboxylic acids is 2. The fourth-order valence-corrected chi connectivity index (χ4v) is 4.03. The van der Waals surface area contributed by atoms with Crippen LogP contribution in [0.5, 0.6) is 0 Å². The van der Waals surface area contributed by atoms with Gasteiger partial charge in [0.15, 0.2) is 0 Å². The monoisotopic (exact) mass is 367 g/mol. The molecule has 1 N–H and O–H groups in total. The summed E-state index contributed by atoms with van der Waals surface area (Å²) in [6, 6.07) is 11.2. The smallest absolute Gasteiger partial charge is 0.253 e. The molecule has 27 heavy (non-hydrogen) atoms. The van der Waals surface area contributed by atoms with Crippen LogP contribution in [0, 0.1) is 0 Å². The molecule has 2 amide bonds. The highest BCUT2D eigenvalue weighted by Crippen LogP contribution is 2.27. The largest absolute Gasteiger partial charge is 0.468 e. The molecule has 0 saturated carbocycles. The minimum atomic E-state index is -0.152. The standard InChI is InChI=1S/C21H25N3O3/c25-20-10-5-13-24(20)17-8-2-1-7-16(17)21(26)22-15-18(19-9-6-14-27-19)23-11-3-4-12-23/h1-2,6-9,14,18H,3-5,10-13,15H2,(H,22,26)/t18-/m1/s1. The fraction of sp³-hybridized carbons (Fsp3) is 0.429. The van der Waals surface area contributed by atoms with E-state index in [0.717, 1.165) is 25.3 Å². The van der Waals surface area contributed by atoms with Crippen molar-refractivity contribution >= 4 is 17.5 Å². The lowest BCUT2D eigenvalue weighted by Crippen LogP contribution is -2.37. The maximum atomic E-state index is 12.9. The van der Waals surface area contributed by atoms with Crippen LogP contribution in [0.2, 0.25) is 0 Å². The highest BCUT2D eigenvalue weighted by Gasteiger charge is 2.28. The number of hydrogen-bond donors (Lipinski definition) is 1. The Morgan fingerprint density at radius 2 is 1.89 bits per heavy atom. The zero-order valence-electron chi connectivity index (χ0n) is 15.4. The van der Waals surface area contributed by atoms with Gasteiger partial charge in [-0.3, -0.25) is 14.5 Å². The lowest BCUT2D eigenvalue weighted by Gasteiger charge is -2.26. The molecule has 1 aromatic heterocycles. The van der Waals surface area contributed by atoms with E-state index in [0.29, 0.717) is 30.8 Å². The van der Waals surface area contributed by atoms with Gasteiger partial charge in [-0.05, 0) is 56.6 Å². The van der Waals surface area contributed by atoms with Crippen molar-refractivity contribution in [2.75, 3.05) is 31.1 Å². The SMILES string of the molecule is O=C(NC[C@H](c1ccco1)N1CCCC1)c1ccccc1N1CCCC1=O. The lowest BCUT2D eigenvalue weighted by molar-refractivity contribution is -0.117. The Morgan fingerprint density at radius 3 is 2.59 bits per heavy atom. The number of hydrogen-bond acceptors (Lipinski definition) is 4. The van der Waals surface area contributed by atoms with Gasteiger partial charge >= 0.3 is 0 Å². The second-order valence-electron chi connectivity index (χ2n) is 7.15. The molecule has 3 heterocycles. The van der Waals surface area contributed by atoms with Crippen molar-refractivity contribution in [3.8, 4) is 0 Å². The Labute approximate surface area is 159 Å². The van der Waals surface area contributed by atoms with Gasteiger partial charge in [-0.2, -0.15) is 0 Å². The molecule has 2 aliphatic heterocycles. The van der Waals surface area contributed by atoms with Gasteiger partial charge in [0.2, 0.25) is 5.91 Å². The van der Waals surface area contributed by atoms with Crippen LogP contribution in [0.3, 0.4) is 0 Å². The number of para-hydroxylation sites is 1. The molecule has 4 rings (SSSR count). The number of furan rings is 1. The van der Waals surface area contributed by atoms with Crippen LogP contribution < -0.4 is 10.2 Å². The third-order valence-electron chi connectivity index (χ3n) is 5.42. The Morgan fingerprint density at radius 1 is 1.07 bits per heavy atom. The van der Waals surface area contributed by atoms with E-state index in [-0.39, 0.29) is 17.9 Å². The molecule has 6 nitrogen and oxygen atoms in total. The summed E-state index contributed by atoms with van der Waals surface area (Å²) < 4.78 is 5.62. The second-order valence-corrected chi connectivity index (χ2v) is 7.15. The third kappa shape index (κ3) is 3.76. The number of nitrogens with zero attached hydrogens (tertiary/aromatic N) is 2. The molecule has 0 aliphatic carbocycles. The summed E-state index contributed by atoms with van der Waals surface area (Å²) in [5.41, 5.74) is 1.25. The van der Waals surface area contributed by atoms with E-state index in [4.69, 9.17) is 4.42 Å². The number of benzene rings is 1. The van der Waals surface area contributed by atoms with Crippen LogP contribution in [0.25, 0.3) is 0 Å². The lowest BCUT2D eigenvalue weighted by atomic mass is 10.1. The summed E-state index contributed by atoms with van der Waals surface area (Å²) in [5.74, 6) is 0.807. The Kier molecular flexibility index (Phi) is 5.25. The molecule has 6 heteroatoms. The molecular weight excluding hydrogens is 342 g/mol. The summed E-state index contributed by atoms with van der Waals surface area (Å²) in [6.45, 7) is 3.18. The van der Waals surface area contributed by atoms with Gasteiger partial charge in [0.1, 0.15) is 5.76 Å². The number of amides is 2. The van der Waals surface area contributed by atoms with Gasteiger partial charge in [0, 0.05) is 19.5 Å². The molecule has 0 radical (unpaired) electrons. The average molecular weight is 367 g/mol. The first-order chi connectivity index (χ1) is 13.2. The number of carbonyl (C=O) groups is 2. The molecular formula is C21H25N3O3. The van der Waals surface area contributed by atoms with Crippen LogP contribution in [0.1, 0.15) is 47.8 Å². The Hall–Kier alpha value is -2.60. The van der Waals surface area contributed by atoms with Gasteiger partial charge in [-0.15, -0.1) is 0 Å². The van der Waals surface area contributed by atoms with E-state index >= 15 is 0 Å². The predicted octanol–water partition coefficient (Wildman–Crippen LogP) is 2.97. The van der Waals surface area contributed by atoms with E-state index in [9.17, 15) is 9.59 Å². The van der Waals surface area contributed by atoms with Crippen molar-refractivity contribution in [3.05, 3.63) is 54.0 Å².